The Balaban J connectivity index is 2.29. The smallest absolute Gasteiger partial charge is 0.124 e. The average Bonchev–Trinajstić information content (AvgIpc) is 2.53. The third kappa shape index (κ3) is 3.80. The van der Waals surface area contributed by atoms with Crippen LogP contribution in [-0.2, 0) is 0 Å². The first kappa shape index (κ1) is 15.5. The van der Waals surface area contributed by atoms with E-state index in [1.165, 1.54) is 0 Å². The molecule has 2 rings (SSSR count). The Morgan fingerprint density at radius 1 is 1.10 bits per heavy atom. The SMILES string of the molecule is COc1ccc(OC)c(C(CN)Nc2ccc(Cl)cc2)c1. The second kappa shape index (κ2) is 7.20. The summed E-state index contributed by atoms with van der Waals surface area (Å²) in [5.41, 5.74) is 7.81. The number of benzene rings is 2. The maximum absolute atomic E-state index is 5.91. The molecular weight excluding hydrogens is 288 g/mol. The number of hydrogen-bond acceptors (Lipinski definition) is 4. The summed E-state index contributed by atoms with van der Waals surface area (Å²) >= 11 is 5.90. The standard InChI is InChI=1S/C16H19ClN2O2/c1-20-13-7-8-16(21-2)14(9-13)15(10-18)19-12-5-3-11(17)4-6-12/h3-9,15,19H,10,18H2,1-2H3. The highest BCUT2D eigenvalue weighted by Gasteiger charge is 2.16. The van der Waals surface area contributed by atoms with E-state index in [2.05, 4.69) is 5.32 Å². The minimum absolute atomic E-state index is 0.0868. The molecule has 0 fully saturated rings. The lowest BCUT2D eigenvalue weighted by Gasteiger charge is -2.21. The normalized spacial score (nSPS) is 11.8. The van der Waals surface area contributed by atoms with E-state index < -0.39 is 0 Å². The molecular formula is C16H19ClN2O2. The number of nitrogens with one attached hydrogen (secondary N) is 1. The second-order valence-electron chi connectivity index (χ2n) is 4.55. The molecule has 0 saturated heterocycles. The first-order valence-electron chi connectivity index (χ1n) is 6.62. The van der Waals surface area contributed by atoms with E-state index in [0.717, 1.165) is 22.7 Å². The number of rotatable bonds is 6. The second-order valence-corrected chi connectivity index (χ2v) is 4.98. The van der Waals surface area contributed by atoms with Crippen molar-refractivity contribution in [3.63, 3.8) is 0 Å². The summed E-state index contributed by atoms with van der Waals surface area (Å²) in [6.07, 6.45) is 0. The minimum atomic E-state index is -0.0868. The Labute approximate surface area is 129 Å². The van der Waals surface area contributed by atoms with E-state index >= 15 is 0 Å². The zero-order chi connectivity index (χ0) is 15.2. The van der Waals surface area contributed by atoms with Crippen LogP contribution in [-0.4, -0.2) is 20.8 Å². The molecule has 0 heterocycles. The van der Waals surface area contributed by atoms with Crippen LogP contribution >= 0.6 is 11.6 Å². The van der Waals surface area contributed by atoms with Crippen LogP contribution in [0.15, 0.2) is 42.5 Å². The van der Waals surface area contributed by atoms with Crippen LogP contribution in [0, 0.1) is 0 Å². The maximum atomic E-state index is 5.91. The topological polar surface area (TPSA) is 56.5 Å². The molecule has 2 aromatic carbocycles. The van der Waals surface area contributed by atoms with Crippen LogP contribution < -0.4 is 20.5 Å². The lowest BCUT2D eigenvalue weighted by Crippen LogP contribution is -2.21. The van der Waals surface area contributed by atoms with Gasteiger partial charge in [0.2, 0.25) is 0 Å². The first-order chi connectivity index (χ1) is 10.2. The molecule has 0 radical (unpaired) electrons. The van der Waals surface area contributed by atoms with Gasteiger partial charge >= 0.3 is 0 Å². The molecule has 21 heavy (non-hydrogen) atoms. The van der Waals surface area contributed by atoms with Crippen molar-refractivity contribution in [1.82, 2.24) is 0 Å². The quantitative estimate of drug-likeness (QED) is 0.858. The van der Waals surface area contributed by atoms with Crippen LogP contribution in [0.3, 0.4) is 0 Å². The summed E-state index contributed by atoms with van der Waals surface area (Å²) in [7, 11) is 3.27. The van der Waals surface area contributed by atoms with Crippen molar-refractivity contribution >= 4 is 17.3 Å². The lowest BCUT2D eigenvalue weighted by molar-refractivity contribution is 0.396. The molecule has 0 amide bonds. The first-order valence-corrected chi connectivity index (χ1v) is 6.99. The molecule has 2 aromatic rings. The van der Waals surface area contributed by atoms with Crippen molar-refractivity contribution in [3.05, 3.63) is 53.1 Å². The highest BCUT2D eigenvalue weighted by atomic mass is 35.5. The molecule has 4 nitrogen and oxygen atoms in total. The van der Waals surface area contributed by atoms with Gasteiger partial charge in [-0.1, -0.05) is 11.6 Å². The van der Waals surface area contributed by atoms with Crippen LogP contribution in [0.4, 0.5) is 5.69 Å². The molecule has 112 valence electrons. The number of nitrogens with two attached hydrogens (primary N) is 1. The van der Waals surface area contributed by atoms with Crippen molar-refractivity contribution < 1.29 is 9.47 Å². The van der Waals surface area contributed by atoms with Crippen molar-refractivity contribution in [2.75, 3.05) is 26.1 Å². The Hall–Kier alpha value is -1.91. The predicted molar refractivity (Wildman–Crippen MR) is 86.4 cm³/mol. The van der Waals surface area contributed by atoms with Crippen LogP contribution in [0.1, 0.15) is 11.6 Å². The summed E-state index contributed by atoms with van der Waals surface area (Å²) in [6.45, 7) is 0.423. The lowest BCUT2D eigenvalue weighted by atomic mass is 10.0. The molecule has 0 aliphatic heterocycles. The van der Waals surface area contributed by atoms with Crippen molar-refractivity contribution in [1.29, 1.82) is 0 Å². The number of hydrogen-bond donors (Lipinski definition) is 2. The van der Waals surface area contributed by atoms with Crippen molar-refractivity contribution in [2.24, 2.45) is 5.73 Å². The number of methoxy groups -OCH3 is 2. The molecule has 1 unspecified atom stereocenters. The van der Waals surface area contributed by atoms with Gasteiger partial charge in [0.1, 0.15) is 11.5 Å². The van der Waals surface area contributed by atoms with Crippen molar-refractivity contribution in [2.45, 2.75) is 6.04 Å². The summed E-state index contributed by atoms with van der Waals surface area (Å²) < 4.78 is 10.7. The van der Waals surface area contributed by atoms with Gasteiger partial charge in [0.05, 0.1) is 20.3 Å². The number of halogens is 1. The predicted octanol–water partition coefficient (Wildman–Crippen LogP) is 3.47. The van der Waals surface area contributed by atoms with Gasteiger partial charge in [-0.15, -0.1) is 0 Å². The van der Waals surface area contributed by atoms with Crippen LogP contribution in [0.2, 0.25) is 5.02 Å². The molecule has 0 aromatic heterocycles. The molecule has 5 heteroatoms. The van der Waals surface area contributed by atoms with E-state index in [9.17, 15) is 0 Å². The van der Waals surface area contributed by atoms with Gasteiger partial charge < -0.3 is 20.5 Å². The fourth-order valence-corrected chi connectivity index (χ4v) is 2.25. The van der Waals surface area contributed by atoms with Gasteiger partial charge in [0.15, 0.2) is 0 Å². The highest BCUT2D eigenvalue weighted by Crippen LogP contribution is 2.31. The summed E-state index contributed by atoms with van der Waals surface area (Å²) in [5.74, 6) is 1.54. The van der Waals surface area contributed by atoms with E-state index in [0.29, 0.717) is 11.6 Å². The summed E-state index contributed by atoms with van der Waals surface area (Å²) in [5, 5.41) is 4.08. The van der Waals surface area contributed by atoms with E-state index in [4.69, 9.17) is 26.8 Å². The van der Waals surface area contributed by atoms with Gasteiger partial charge in [-0.3, -0.25) is 0 Å². The van der Waals surface area contributed by atoms with Gasteiger partial charge in [-0.2, -0.15) is 0 Å². The molecule has 0 spiro atoms. The highest BCUT2D eigenvalue weighted by molar-refractivity contribution is 6.30. The van der Waals surface area contributed by atoms with Crippen LogP contribution in [0.25, 0.3) is 0 Å². The van der Waals surface area contributed by atoms with E-state index in [1.807, 2.05) is 42.5 Å². The number of anilines is 1. The minimum Gasteiger partial charge on any atom is -0.497 e. The van der Waals surface area contributed by atoms with Crippen LogP contribution in [0.5, 0.6) is 11.5 Å². The molecule has 0 aliphatic carbocycles. The van der Waals surface area contributed by atoms with Gasteiger partial charge in [0, 0.05) is 22.8 Å². The molecule has 0 aliphatic rings. The van der Waals surface area contributed by atoms with Crippen molar-refractivity contribution in [3.8, 4) is 11.5 Å². The third-order valence-electron chi connectivity index (χ3n) is 3.23. The zero-order valence-electron chi connectivity index (χ0n) is 12.1. The average molecular weight is 307 g/mol. The zero-order valence-corrected chi connectivity index (χ0v) is 12.9. The Bertz CT molecular complexity index is 587. The van der Waals surface area contributed by atoms with Gasteiger partial charge in [-0.05, 0) is 42.5 Å². The summed E-state index contributed by atoms with van der Waals surface area (Å²) in [6, 6.07) is 13.1. The fraction of sp³-hybridized carbons (Fsp3) is 0.250. The Kier molecular flexibility index (Phi) is 5.31. The van der Waals surface area contributed by atoms with E-state index in [-0.39, 0.29) is 6.04 Å². The molecule has 0 saturated carbocycles. The largest absolute Gasteiger partial charge is 0.497 e. The molecule has 0 bridgehead atoms. The third-order valence-corrected chi connectivity index (χ3v) is 3.49. The van der Waals surface area contributed by atoms with Gasteiger partial charge in [0.25, 0.3) is 0 Å². The van der Waals surface area contributed by atoms with E-state index in [1.54, 1.807) is 14.2 Å². The monoisotopic (exact) mass is 306 g/mol. The van der Waals surface area contributed by atoms with Gasteiger partial charge in [-0.25, -0.2) is 0 Å². The molecule has 3 N–H and O–H groups in total. The fourth-order valence-electron chi connectivity index (χ4n) is 2.12. The maximum Gasteiger partial charge on any atom is 0.124 e. The Morgan fingerprint density at radius 2 is 1.81 bits per heavy atom. The Morgan fingerprint density at radius 3 is 2.38 bits per heavy atom. The number of ether oxygens (including phenoxy) is 2. The molecule has 1 atom stereocenters. The summed E-state index contributed by atoms with van der Waals surface area (Å²) in [4.78, 5) is 0.